The summed E-state index contributed by atoms with van der Waals surface area (Å²) >= 11 is 12.2. The van der Waals surface area contributed by atoms with Crippen LogP contribution in [0.25, 0.3) is 10.2 Å². The van der Waals surface area contributed by atoms with E-state index in [1.807, 2.05) is 18.2 Å². The van der Waals surface area contributed by atoms with Crippen molar-refractivity contribution in [2.75, 3.05) is 0 Å². The summed E-state index contributed by atoms with van der Waals surface area (Å²) in [7, 11) is 0. The van der Waals surface area contributed by atoms with Gasteiger partial charge < -0.3 is 24.0 Å². The zero-order valence-corrected chi connectivity index (χ0v) is 11.9. The van der Waals surface area contributed by atoms with E-state index in [0.29, 0.717) is 4.34 Å². The minimum absolute atomic E-state index is 0. The third kappa shape index (κ3) is 2.39. The van der Waals surface area contributed by atoms with Gasteiger partial charge in [-0.3, -0.25) is 4.98 Å². The van der Waals surface area contributed by atoms with E-state index in [4.69, 9.17) is 24.2 Å². The molecular weight excluding hydrogens is 237 g/mol. The fourth-order valence-corrected chi connectivity index (χ4v) is 2.22. The molecule has 0 saturated carbocycles. The number of fused-ring (bicyclic) bond motifs is 1. The summed E-state index contributed by atoms with van der Waals surface area (Å²) in [5, 5.41) is 0.733. The Morgan fingerprint density at radius 1 is 1.42 bits per heavy atom. The second kappa shape index (κ2) is 4.66. The molecule has 1 aromatic carbocycles. The molecule has 0 aliphatic heterocycles. The molecule has 0 aliphatic rings. The van der Waals surface area contributed by atoms with Crippen molar-refractivity contribution in [1.82, 2.24) is 4.98 Å². The van der Waals surface area contributed by atoms with E-state index in [-0.39, 0.29) is 51.4 Å². The van der Waals surface area contributed by atoms with Gasteiger partial charge in [-0.1, -0.05) is 11.6 Å². The summed E-state index contributed by atoms with van der Waals surface area (Å²) in [6, 6.07) is 5.58. The summed E-state index contributed by atoms with van der Waals surface area (Å²) < 4.78 is 1.73. The van der Waals surface area contributed by atoms with E-state index in [1.54, 1.807) is 0 Å². The van der Waals surface area contributed by atoms with Crippen LogP contribution in [0.5, 0.6) is 0 Å². The molecule has 56 valence electrons. The number of benzene rings is 1. The van der Waals surface area contributed by atoms with Crippen molar-refractivity contribution in [2.45, 2.75) is 4.34 Å². The molecule has 5 heteroatoms. The summed E-state index contributed by atoms with van der Waals surface area (Å²) in [5.41, 5.74) is 0.935. The fraction of sp³-hybridized carbons (Fsp3) is 0. The standard InChI is InChI=1S/C7H4ClNS2.K/c8-4-1-2-5-6(3-4)11-7(10)9-5;/h1-3H,(H,9,10);/q;+1/p-1. The van der Waals surface area contributed by atoms with E-state index in [1.165, 1.54) is 11.3 Å². The maximum absolute atomic E-state index is 5.77. The van der Waals surface area contributed by atoms with E-state index in [0.717, 1.165) is 15.2 Å². The first-order valence-corrected chi connectivity index (χ1v) is 4.59. The third-order valence-corrected chi connectivity index (χ3v) is 2.72. The second-order valence-corrected chi connectivity index (χ2v) is 4.20. The smallest absolute Gasteiger partial charge is 0.408 e. The number of aromatic nitrogens is 1. The van der Waals surface area contributed by atoms with Crippen molar-refractivity contribution in [3.05, 3.63) is 23.2 Å². The predicted molar refractivity (Wildman–Crippen MR) is 50.3 cm³/mol. The Bertz CT molecular complexity index is 401. The van der Waals surface area contributed by atoms with Crippen LogP contribution in [0, 0.1) is 0 Å². The quantitative estimate of drug-likeness (QED) is 0.469. The van der Waals surface area contributed by atoms with Crippen molar-refractivity contribution in [3.63, 3.8) is 0 Å². The van der Waals surface area contributed by atoms with Crippen LogP contribution in [0.3, 0.4) is 0 Å². The van der Waals surface area contributed by atoms with E-state index >= 15 is 0 Å². The van der Waals surface area contributed by atoms with Gasteiger partial charge in [0.15, 0.2) is 0 Å². The molecule has 0 N–H and O–H groups in total. The number of rotatable bonds is 0. The van der Waals surface area contributed by atoms with Crippen molar-refractivity contribution >= 4 is 45.8 Å². The molecule has 0 radical (unpaired) electrons. The molecule has 1 heterocycles. The van der Waals surface area contributed by atoms with Crippen LogP contribution in [0.1, 0.15) is 0 Å². The number of nitrogens with zero attached hydrogens (tertiary/aromatic N) is 1. The molecule has 12 heavy (non-hydrogen) atoms. The topological polar surface area (TPSA) is 12.9 Å². The molecule has 1 aromatic heterocycles. The SMILES string of the molecule is [K+].[S-]c1nc2ccc(Cl)cc2s1. The predicted octanol–water partition coefficient (Wildman–Crippen LogP) is -0.140. The Balaban J connectivity index is 0.000000720. The Kier molecular flexibility index (Phi) is 4.40. The molecule has 0 fully saturated rings. The summed E-state index contributed by atoms with van der Waals surface area (Å²) in [6.45, 7) is 0. The average Bonchev–Trinajstić information content (AvgIpc) is 2.27. The van der Waals surface area contributed by atoms with Crippen LogP contribution in [0.2, 0.25) is 5.02 Å². The van der Waals surface area contributed by atoms with Gasteiger partial charge in [-0.2, -0.15) is 0 Å². The molecule has 0 amide bonds. The van der Waals surface area contributed by atoms with Gasteiger partial charge in [0.1, 0.15) is 0 Å². The number of halogens is 1. The molecule has 2 rings (SSSR count). The molecule has 0 bridgehead atoms. The Morgan fingerprint density at radius 3 is 2.92 bits per heavy atom. The molecule has 0 aliphatic carbocycles. The van der Waals surface area contributed by atoms with Crippen molar-refractivity contribution < 1.29 is 51.4 Å². The van der Waals surface area contributed by atoms with Crippen molar-refractivity contribution in [2.24, 2.45) is 0 Å². The maximum atomic E-state index is 5.77. The summed E-state index contributed by atoms with van der Waals surface area (Å²) in [5.74, 6) is 0. The van der Waals surface area contributed by atoms with Crippen LogP contribution in [-0.4, -0.2) is 4.98 Å². The third-order valence-electron chi connectivity index (χ3n) is 1.33. The maximum Gasteiger partial charge on any atom is 1.00 e. The van der Waals surface area contributed by atoms with Crippen LogP contribution in [0.4, 0.5) is 0 Å². The van der Waals surface area contributed by atoms with Gasteiger partial charge in [0.05, 0.1) is 5.52 Å². The second-order valence-electron chi connectivity index (χ2n) is 2.09. The van der Waals surface area contributed by atoms with Crippen LogP contribution < -0.4 is 51.4 Å². The van der Waals surface area contributed by atoms with Gasteiger partial charge in [-0.25, -0.2) is 0 Å². The van der Waals surface area contributed by atoms with Gasteiger partial charge in [0.2, 0.25) is 0 Å². The first-order chi connectivity index (χ1) is 5.25. The van der Waals surface area contributed by atoms with Crippen molar-refractivity contribution in [3.8, 4) is 0 Å². The fourth-order valence-electron chi connectivity index (χ4n) is 0.877. The minimum atomic E-state index is 0. The van der Waals surface area contributed by atoms with Crippen LogP contribution >= 0.6 is 22.9 Å². The summed E-state index contributed by atoms with van der Waals surface area (Å²) in [6.07, 6.45) is 0. The van der Waals surface area contributed by atoms with E-state index in [2.05, 4.69) is 4.98 Å². The van der Waals surface area contributed by atoms with Gasteiger partial charge in [-0.05, 0) is 27.2 Å². The number of thiazole rings is 1. The van der Waals surface area contributed by atoms with Crippen molar-refractivity contribution in [1.29, 1.82) is 0 Å². The minimum Gasteiger partial charge on any atom is -0.408 e. The monoisotopic (exact) mass is 239 g/mol. The van der Waals surface area contributed by atoms with Crippen LogP contribution in [0.15, 0.2) is 22.5 Å². The number of hydrogen-bond acceptors (Lipinski definition) is 3. The molecule has 0 saturated heterocycles. The Hall–Kier alpha value is 1.26. The van der Waals surface area contributed by atoms with Gasteiger partial charge >= 0.3 is 51.4 Å². The molecule has 0 spiro atoms. The Morgan fingerprint density at radius 2 is 2.17 bits per heavy atom. The largest absolute Gasteiger partial charge is 1.00 e. The zero-order chi connectivity index (χ0) is 7.84. The first-order valence-electron chi connectivity index (χ1n) is 2.99. The van der Waals surface area contributed by atoms with Gasteiger partial charge in [0, 0.05) is 5.02 Å². The number of hydrogen-bond donors (Lipinski definition) is 0. The Labute approximate surface area is 127 Å². The average molecular weight is 240 g/mol. The molecule has 0 atom stereocenters. The molecule has 0 unspecified atom stereocenters. The van der Waals surface area contributed by atoms with Crippen LogP contribution in [-0.2, 0) is 12.6 Å². The first kappa shape index (κ1) is 11.3. The normalized spacial score (nSPS) is 9.75. The zero-order valence-electron chi connectivity index (χ0n) is 6.37. The summed E-state index contributed by atoms with van der Waals surface area (Å²) in [4.78, 5) is 4.13. The molecule has 1 nitrogen and oxygen atoms in total. The molecule has 2 aromatic rings. The van der Waals surface area contributed by atoms with Gasteiger partial charge in [0.25, 0.3) is 0 Å². The van der Waals surface area contributed by atoms with Gasteiger partial charge in [-0.15, -0.1) is 0 Å². The van der Waals surface area contributed by atoms with E-state index in [9.17, 15) is 0 Å². The van der Waals surface area contributed by atoms with E-state index < -0.39 is 0 Å². The molecular formula is C7H3ClKNS2.